The van der Waals surface area contributed by atoms with Crippen LogP contribution in [0.1, 0.15) is 15.9 Å². The van der Waals surface area contributed by atoms with Gasteiger partial charge in [-0.05, 0) is 25.1 Å². The second-order valence-corrected chi connectivity index (χ2v) is 3.67. The molecule has 0 saturated heterocycles. The summed E-state index contributed by atoms with van der Waals surface area (Å²) >= 11 is 0. The van der Waals surface area contributed by atoms with Crippen molar-refractivity contribution in [2.75, 3.05) is 0 Å². The Morgan fingerprint density at radius 3 is 2.83 bits per heavy atom. The SMILES string of the molecule is Cc1cccnc1Oc1cc(F)ccc1C(=O)O. The number of rotatable bonds is 3. The Hall–Kier alpha value is -2.43. The molecule has 1 aromatic heterocycles. The van der Waals surface area contributed by atoms with Crippen molar-refractivity contribution in [2.45, 2.75) is 6.92 Å². The van der Waals surface area contributed by atoms with Gasteiger partial charge in [-0.25, -0.2) is 14.2 Å². The number of benzene rings is 1. The van der Waals surface area contributed by atoms with Gasteiger partial charge < -0.3 is 9.84 Å². The maximum absolute atomic E-state index is 13.1. The van der Waals surface area contributed by atoms with Crippen molar-refractivity contribution < 1.29 is 19.0 Å². The van der Waals surface area contributed by atoms with Gasteiger partial charge in [0, 0.05) is 17.8 Å². The van der Waals surface area contributed by atoms with Gasteiger partial charge >= 0.3 is 5.97 Å². The number of carbonyl (C=O) groups is 1. The van der Waals surface area contributed by atoms with Gasteiger partial charge in [-0.15, -0.1) is 0 Å². The molecule has 0 amide bonds. The summed E-state index contributed by atoms with van der Waals surface area (Å²) in [6.45, 7) is 1.77. The first kappa shape index (κ1) is 12.0. The summed E-state index contributed by atoms with van der Waals surface area (Å²) in [7, 11) is 0. The number of halogens is 1. The summed E-state index contributed by atoms with van der Waals surface area (Å²) in [5.74, 6) is -1.56. The molecule has 0 fully saturated rings. The third-order valence-corrected chi connectivity index (χ3v) is 2.34. The van der Waals surface area contributed by atoms with E-state index < -0.39 is 11.8 Å². The number of nitrogens with zero attached hydrogens (tertiary/aromatic N) is 1. The van der Waals surface area contributed by atoms with Gasteiger partial charge in [-0.3, -0.25) is 0 Å². The zero-order valence-electron chi connectivity index (χ0n) is 9.55. The Balaban J connectivity index is 2.42. The van der Waals surface area contributed by atoms with Crippen LogP contribution in [-0.4, -0.2) is 16.1 Å². The van der Waals surface area contributed by atoms with E-state index in [1.807, 2.05) is 0 Å². The molecule has 0 bridgehead atoms. The third kappa shape index (κ3) is 2.45. The molecule has 0 unspecified atom stereocenters. The Morgan fingerprint density at radius 2 is 2.17 bits per heavy atom. The Kier molecular flexibility index (Phi) is 3.23. The van der Waals surface area contributed by atoms with Crippen LogP contribution < -0.4 is 4.74 Å². The maximum Gasteiger partial charge on any atom is 0.339 e. The molecule has 1 aromatic carbocycles. The highest BCUT2D eigenvalue weighted by molar-refractivity contribution is 5.90. The highest BCUT2D eigenvalue weighted by Gasteiger charge is 2.14. The normalized spacial score (nSPS) is 10.1. The summed E-state index contributed by atoms with van der Waals surface area (Å²) in [6.07, 6.45) is 1.52. The smallest absolute Gasteiger partial charge is 0.339 e. The molecule has 4 nitrogen and oxygen atoms in total. The van der Waals surface area contributed by atoms with Crippen LogP contribution in [0.5, 0.6) is 11.6 Å². The van der Waals surface area contributed by atoms with Crippen molar-refractivity contribution in [1.82, 2.24) is 4.98 Å². The van der Waals surface area contributed by atoms with Crippen molar-refractivity contribution in [3.05, 3.63) is 53.5 Å². The van der Waals surface area contributed by atoms with Crippen LogP contribution in [0, 0.1) is 12.7 Å². The van der Waals surface area contributed by atoms with Gasteiger partial charge in [-0.1, -0.05) is 6.07 Å². The molecule has 1 N–H and O–H groups in total. The lowest BCUT2D eigenvalue weighted by atomic mass is 10.2. The van der Waals surface area contributed by atoms with Gasteiger partial charge in [0.05, 0.1) is 0 Å². The first-order chi connectivity index (χ1) is 8.58. The average Bonchev–Trinajstić information content (AvgIpc) is 2.32. The fourth-order valence-electron chi connectivity index (χ4n) is 1.44. The predicted molar refractivity (Wildman–Crippen MR) is 62.4 cm³/mol. The number of aromatic nitrogens is 1. The molecule has 2 rings (SSSR count). The third-order valence-electron chi connectivity index (χ3n) is 2.34. The lowest BCUT2D eigenvalue weighted by molar-refractivity contribution is 0.0694. The molecule has 0 saturated carbocycles. The number of ether oxygens (including phenoxy) is 1. The molecule has 0 aliphatic rings. The molecule has 0 aliphatic heterocycles. The second kappa shape index (κ2) is 4.83. The highest BCUT2D eigenvalue weighted by Crippen LogP contribution is 2.26. The monoisotopic (exact) mass is 247 g/mol. The van der Waals surface area contributed by atoms with Crippen molar-refractivity contribution in [3.8, 4) is 11.6 Å². The minimum absolute atomic E-state index is 0.0655. The first-order valence-electron chi connectivity index (χ1n) is 5.20. The summed E-state index contributed by atoms with van der Waals surface area (Å²) in [6, 6.07) is 6.75. The van der Waals surface area contributed by atoms with Crippen LogP contribution in [0.15, 0.2) is 36.5 Å². The molecule has 2 aromatic rings. The van der Waals surface area contributed by atoms with E-state index >= 15 is 0 Å². The Bertz CT molecular complexity index is 599. The maximum atomic E-state index is 13.1. The van der Waals surface area contributed by atoms with Gasteiger partial charge in [0.15, 0.2) is 0 Å². The van der Waals surface area contributed by atoms with Crippen molar-refractivity contribution >= 4 is 5.97 Å². The molecule has 0 aliphatic carbocycles. The zero-order chi connectivity index (χ0) is 13.1. The Labute approximate surface area is 103 Å². The van der Waals surface area contributed by atoms with Crippen molar-refractivity contribution in [2.24, 2.45) is 0 Å². The molecule has 5 heteroatoms. The largest absolute Gasteiger partial charge is 0.478 e. The number of hydrogen-bond acceptors (Lipinski definition) is 3. The van der Waals surface area contributed by atoms with Crippen LogP contribution in [-0.2, 0) is 0 Å². The van der Waals surface area contributed by atoms with E-state index in [4.69, 9.17) is 9.84 Å². The minimum Gasteiger partial charge on any atom is -0.478 e. The van der Waals surface area contributed by atoms with E-state index in [2.05, 4.69) is 4.98 Å². The van der Waals surface area contributed by atoms with E-state index in [1.54, 1.807) is 19.1 Å². The van der Waals surface area contributed by atoms with Crippen LogP contribution in [0.25, 0.3) is 0 Å². The number of aromatic carboxylic acids is 1. The van der Waals surface area contributed by atoms with Gasteiger partial charge in [-0.2, -0.15) is 0 Å². The summed E-state index contributed by atoms with van der Waals surface area (Å²) < 4.78 is 18.5. The summed E-state index contributed by atoms with van der Waals surface area (Å²) in [5.41, 5.74) is 0.625. The molecule has 1 heterocycles. The fraction of sp³-hybridized carbons (Fsp3) is 0.0769. The topological polar surface area (TPSA) is 59.4 Å². The average molecular weight is 247 g/mol. The standard InChI is InChI=1S/C13H10FNO3/c1-8-3-2-6-15-12(8)18-11-7-9(14)4-5-10(11)13(16)17/h2-7H,1H3,(H,16,17). The van der Waals surface area contributed by atoms with Crippen LogP contribution >= 0.6 is 0 Å². The summed E-state index contributed by atoms with van der Waals surface area (Å²) in [5, 5.41) is 8.98. The quantitative estimate of drug-likeness (QED) is 0.905. The van der Waals surface area contributed by atoms with E-state index in [0.29, 0.717) is 0 Å². The van der Waals surface area contributed by atoms with Gasteiger partial charge in [0.25, 0.3) is 0 Å². The Morgan fingerprint density at radius 1 is 1.39 bits per heavy atom. The van der Waals surface area contributed by atoms with E-state index in [0.717, 1.165) is 23.8 Å². The van der Waals surface area contributed by atoms with Crippen LogP contribution in [0.2, 0.25) is 0 Å². The number of hydrogen-bond donors (Lipinski definition) is 1. The number of pyridine rings is 1. The lowest BCUT2D eigenvalue weighted by Crippen LogP contribution is -2.01. The van der Waals surface area contributed by atoms with Crippen molar-refractivity contribution in [3.63, 3.8) is 0 Å². The number of carboxylic acid groups (broad SMARTS) is 1. The van der Waals surface area contributed by atoms with E-state index in [1.165, 1.54) is 6.20 Å². The zero-order valence-corrected chi connectivity index (χ0v) is 9.55. The molecule has 18 heavy (non-hydrogen) atoms. The van der Waals surface area contributed by atoms with Crippen LogP contribution in [0.3, 0.4) is 0 Å². The second-order valence-electron chi connectivity index (χ2n) is 3.67. The van der Waals surface area contributed by atoms with Gasteiger partial charge in [0.2, 0.25) is 5.88 Å². The highest BCUT2D eigenvalue weighted by atomic mass is 19.1. The van der Waals surface area contributed by atoms with Crippen LogP contribution in [0.4, 0.5) is 4.39 Å². The van der Waals surface area contributed by atoms with E-state index in [-0.39, 0.29) is 17.2 Å². The lowest BCUT2D eigenvalue weighted by Gasteiger charge is -2.09. The molecule has 0 spiro atoms. The molecule has 92 valence electrons. The number of aryl methyl sites for hydroxylation is 1. The molecule has 0 radical (unpaired) electrons. The minimum atomic E-state index is -1.18. The first-order valence-corrected chi connectivity index (χ1v) is 5.20. The fourth-order valence-corrected chi connectivity index (χ4v) is 1.44. The predicted octanol–water partition coefficient (Wildman–Crippen LogP) is 3.02. The summed E-state index contributed by atoms with van der Waals surface area (Å²) in [4.78, 5) is 15.0. The molecular formula is C13H10FNO3. The van der Waals surface area contributed by atoms with Gasteiger partial charge in [0.1, 0.15) is 17.1 Å². The number of carboxylic acids is 1. The van der Waals surface area contributed by atoms with Crippen molar-refractivity contribution in [1.29, 1.82) is 0 Å². The molecular weight excluding hydrogens is 237 g/mol. The molecule has 0 atom stereocenters. The van der Waals surface area contributed by atoms with E-state index in [9.17, 15) is 9.18 Å².